The topological polar surface area (TPSA) is 54.7 Å². The van der Waals surface area contributed by atoms with E-state index in [1.165, 1.54) is 0 Å². The van der Waals surface area contributed by atoms with Gasteiger partial charge in [-0.15, -0.1) is 11.6 Å². The van der Waals surface area contributed by atoms with Gasteiger partial charge in [0.2, 0.25) is 0 Å². The molecule has 0 aliphatic rings. The van der Waals surface area contributed by atoms with Crippen molar-refractivity contribution in [3.05, 3.63) is 18.2 Å². The van der Waals surface area contributed by atoms with Crippen LogP contribution in [0.25, 0.3) is 0 Å². The summed E-state index contributed by atoms with van der Waals surface area (Å²) < 4.78 is 0. The molecule has 4 heteroatoms. The second kappa shape index (κ2) is 3.24. The van der Waals surface area contributed by atoms with Crippen molar-refractivity contribution < 1.29 is 0 Å². The first-order valence-corrected chi connectivity index (χ1v) is 3.99. The Morgan fingerprint density at radius 1 is 1.82 bits per heavy atom. The van der Waals surface area contributed by atoms with Gasteiger partial charge in [-0.3, -0.25) is 0 Å². The molecule has 0 aliphatic heterocycles. The fraction of sp³-hybridized carbons (Fsp3) is 0.571. The minimum absolute atomic E-state index is 0.339. The van der Waals surface area contributed by atoms with Gasteiger partial charge >= 0.3 is 0 Å². The van der Waals surface area contributed by atoms with Crippen molar-refractivity contribution in [2.45, 2.75) is 18.9 Å². The van der Waals surface area contributed by atoms with E-state index in [2.05, 4.69) is 9.97 Å². The van der Waals surface area contributed by atoms with Crippen LogP contribution in [0.4, 0.5) is 0 Å². The molecule has 11 heavy (non-hydrogen) atoms. The Morgan fingerprint density at radius 3 is 3.00 bits per heavy atom. The molecule has 1 atom stereocenters. The van der Waals surface area contributed by atoms with Crippen molar-refractivity contribution in [1.82, 2.24) is 9.97 Å². The summed E-state index contributed by atoms with van der Waals surface area (Å²) in [6.07, 6.45) is 4.13. The lowest BCUT2D eigenvalue weighted by Gasteiger charge is -2.19. The molecule has 3 nitrogen and oxygen atoms in total. The molecule has 1 aromatic rings. The van der Waals surface area contributed by atoms with Crippen LogP contribution in [-0.2, 0) is 6.42 Å². The predicted molar refractivity (Wildman–Crippen MR) is 45.6 cm³/mol. The fourth-order valence-corrected chi connectivity index (χ4v) is 0.958. The second-order valence-electron chi connectivity index (χ2n) is 3.04. The largest absolute Gasteiger partial charge is 0.348 e. The van der Waals surface area contributed by atoms with Crippen LogP contribution in [0, 0.1) is 0 Å². The van der Waals surface area contributed by atoms with Crippen LogP contribution in [0.15, 0.2) is 12.5 Å². The van der Waals surface area contributed by atoms with Crippen LogP contribution in [0.5, 0.6) is 0 Å². The number of aromatic nitrogens is 2. The summed E-state index contributed by atoms with van der Waals surface area (Å²) in [5.74, 6) is 0.450. The quantitative estimate of drug-likeness (QED) is 0.668. The zero-order chi connectivity index (χ0) is 8.32. The zero-order valence-corrected chi connectivity index (χ0v) is 7.23. The first kappa shape index (κ1) is 8.56. The summed E-state index contributed by atoms with van der Waals surface area (Å²) in [7, 11) is 0. The lowest BCUT2D eigenvalue weighted by Crippen LogP contribution is -2.40. The van der Waals surface area contributed by atoms with Crippen molar-refractivity contribution in [3.63, 3.8) is 0 Å². The highest BCUT2D eigenvalue weighted by molar-refractivity contribution is 6.18. The maximum Gasteiger partial charge on any atom is 0.0921 e. The normalized spacial score (nSPS) is 16.3. The third-order valence-corrected chi connectivity index (χ3v) is 2.06. The van der Waals surface area contributed by atoms with Gasteiger partial charge < -0.3 is 10.7 Å². The predicted octanol–water partition coefficient (Wildman–Crippen LogP) is 0.908. The van der Waals surface area contributed by atoms with Gasteiger partial charge in [0.05, 0.1) is 6.33 Å². The van der Waals surface area contributed by atoms with Gasteiger partial charge in [0.25, 0.3) is 0 Å². The number of nitrogens with zero attached hydrogens (tertiary/aromatic N) is 1. The number of nitrogens with two attached hydrogens (primary N) is 1. The van der Waals surface area contributed by atoms with Crippen LogP contribution in [-0.4, -0.2) is 21.4 Å². The molecule has 0 saturated heterocycles. The molecule has 0 spiro atoms. The Hall–Kier alpha value is -0.540. The van der Waals surface area contributed by atoms with E-state index in [0.717, 1.165) is 12.1 Å². The number of alkyl halides is 1. The second-order valence-corrected chi connectivity index (χ2v) is 3.31. The van der Waals surface area contributed by atoms with Crippen LogP contribution < -0.4 is 5.73 Å². The number of aromatic amines is 1. The average molecular weight is 174 g/mol. The lowest BCUT2D eigenvalue weighted by atomic mass is 10.0. The Balaban J connectivity index is 2.56. The molecule has 1 aromatic heterocycles. The van der Waals surface area contributed by atoms with Gasteiger partial charge in [0.1, 0.15) is 0 Å². The smallest absolute Gasteiger partial charge is 0.0921 e. The molecule has 0 aromatic carbocycles. The number of imidazole rings is 1. The van der Waals surface area contributed by atoms with E-state index < -0.39 is 0 Å². The summed E-state index contributed by atoms with van der Waals surface area (Å²) in [6.45, 7) is 1.92. The number of hydrogen-bond donors (Lipinski definition) is 2. The highest BCUT2D eigenvalue weighted by atomic mass is 35.5. The molecular weight excluding hydrogens is 162 g/mol. The minimum Gasteiger partial charge on any atom is -0.348 e. The molecule has 0 amide bonds. The highest BCUT2D eigenvalue weighted by Gasteiger charge is 2.17. The Bertz CT molecular complexity index is 205. The molecule has 1 unspecified atom stereocenters. The number of halogens is 1. The van der Waals surface area contributed by atoms with E-state index >= 15 is 0 Å². The van der Waals surface area contributed by atoms with Gasteiger partial charge in [0, 0.05) is 29.7 Å². The Kier molecular flexibility index (Phi) is 2.52. The van der Waals surface area contributed by atoms with Crippen molar-refractivity contribution in [1.29, 1.82) is 0 Å². The number of H-pyrrole nitrogens is 1. The molecule has 1 heterocycles. The van der Waals surface area contributed by atoms with Crippen LogP contribution in [0.1, 0.15) is 12.6 Å². The summed E-state index contributed by atoms with van der Waals surface area (Å²) in [6, 6.07) is 0. The summed E-state index contributed by atoms with van der Waals surface area (Å²) in [5, 5.41) is 0. The SMILES string of the molecule is CC(N)(CCl)Cc1cnc[nH]1. The molecule has 0 radical (unpaired) electrons. The maximum atomic E-state index is 5.83. The summed E-state index contributed by atoms with van der Waals surface area (Å²) in [5.41, 5.74) is 6.51. The number of hydrogen-bond acceptors (Lipinski definition) is 2. The molecular formula is C7H12ClN3. The van der Waals surface area contributed by atoms with Crippen LogP contribution in [0.2, 0.25) is 0 Å². The van der Waals surface area contributed by atoms with E-state index in [-0.39, 0.29) is 5.54 Å². The van der Waals surface area contributed by atoms with Crippen molar-refractivity contribution in [3.8, 4) is 0 Å². The van der Waals surface area contributed by atoms with E-state index in [9.17, 15) is 0 Å². The van der Waals surface area contributed by atoms with Crippen molar-refractivity contribution >= 4 is 11.6 Å². The molecule has 3 N–H and O–H groups in total. The van der Waals surface area contributed by atoms with E-state index in [0.29, 0.717) is 5.88 Å². The minimum atomic E-state index is -0.339. The Labute approximate surface area is 71.0 Å². The molecule has 0 saturated carbocycles. The van der Waals surface area contributed by atoms with Crippen molar-refractivity contribution in [2.24, 2.45) is 5.73 Å². The van der Waals surface area contributed by atoms with E-state index in [4.69, 9.17) is 17.3 Å². The van der Waals surface area contributed by atoms with Crippen molar-refractivity contribution in [2.75, 3.05) is 5.88 Å². The fourth-order valence-electron chi connectivity index (χ4n) is 0.864. The van der Waals surface area contributed by atoms with Crippen LogP contribution >= 0.6 is 11.6 Å². The van der Waals surface area contributed by atoms with Crippen LogP contribution in [0.3, 0.4) is 0 Å². The first-order valence-electron chi connectivity index (χ1n) is 3.46. The monoisotopic (exact) mass is 173 g/mol. The molecule has 0 bridgehead atoms. The molecule has 0 aliphatic carbocycles. The number of rotatable bonds is 3. The van der Waals surface area contributed by atoms with Gasteiger partial charge in [-0.2, -0.15) is 0 Å². The lowest BCUT2D eigenvalue weighted by molar-refractivity contribution is 0.517. The highest BCUT2D eigenvalue weighted by Crippen LogP contribution is 2.08. The first-order chi connectivity index (χ1) is 5.14. The maximum absolute atomic E-state index is 5.83. The molecule has 1 rings (SSSR count). The molecule has 62 valence electrons. The summed E-state index contributed by atoms with van der Waals surface area (Å²) in [4.78, 5) is 6.86. The van der Waals surface area contributed by atoms with Gasteiger partial charge in [-0.05, 0) is 6.92 Å². The van der Waals surface area contributed by atoms with Gasteiger partial charge in [0.15, 0.2) is 0 Å². The molecule has 0 fully saturated rings. The third kappa shape index (κ3) is 2.52. The van der Waals surface area contributed by atoms with E-state index in [1.54, 1.807) is 12.5 Å². The third-order valence-electron chi connectivity index (χ3n) is 1.45. The standard InChI is InChI=1S/C7H12ClN3/c1-7(9,4-8)2-6-3-10-5-11-6/h3,5H,2,4,9H2,1H3,(H,10,11). The summed E-state index contributed by atoms with van der Waals surface area (Å²) >= 11 is 5.65. The zero-order valence-electron chi connectivity index (χ0n) is 6.47. The van der Waals surface area contributed by atoms with E-state index in [1.807, 2.05) is 6.92 Å². The average Bonchev–Trinajstić information content (AvgIpc) is 2.39. The number of nitrogens with one attached hydrogen (secondary N) is 1. The Morgan fingerprint density at radius 2 is 2.55 bits per heavy atom. The van der Waals surface area contributed by atoms with Gasteiger partial charge in [-0.1, -0.05) is 0 Å². The van der Waals surface area contributed by atoms with Gasteiger partial charge in [-0.25, -0.2) is 4.98 Å².